The van der Waals surface area contributed by atoms with E-state index in [1.54, 1.807) is 0 Å². The van der Waals surface area contributed by atoms with Crippen molar-refractivity contribution in [1.29, 1.82) is 0 Å². The van der Waals surface area contributed by atoms with Gasteiger partial charge in [-0.3, -0.25) is 5.32 Å². The first-order valence-electron chi connectivity index (χ1n) is 7.23. The number of hydrogen-bond donors (Lipinski definition) is 1. The Bertz CT molecular complexity index is 524. The summed E-state index contributed by atoms with van der Waals surface area (Å²) < 4.78 is 43.1. The Morgan fingerprint density at radius 1 is 1.18 bits per heavy atom. The van der Waals surface area contributed by atoms with Crippen LogP contribution in [0, 0.1) is 0 Å². The van der Waals surface area contributed by atoms with E-state index in [1.807, 2.05) is 4.90 Å². The van der Waals surface area contributed by atoms with Gasteiger partial charge in [0.05, 0.1) is 24.0 Å². The molecule has 0 bridgehead atoms. The smallest absolute Gasteiger partial charge is 0.416 e. The molecule has 1 N–H and O–H groups in total. The Morgan fingerprint density at radius 2 is 1.82 bits per heavy atom. The number of benzene rings is 1. The number of carbonyl (C=O) groups excluding carboxylic acids is 1. The van der Waals surface area contributed by atoms with Gasteiger partial charge in [0.2, 0.25) is 0 Å². The predicted octanol–water partition coefficient (Wildman–Crippen LogP) is 4.26. The van der Waals surface area contributed by atoms with Gasteiger partial charge in [-0.05, 0) is 31.0 Å². The summed E-state index contributed by atoms with van der Waals surface area (Å²) >= 11 is 0. The molecule has 1 fully saturated rings. The molecule has 0 radical (unpaired) electrons. The molecule has 7 heteroatoms. The summed E-state index contributed by atoms with van der Waals surface area (Å²) in [4.78, 5) is 13.4. The van der Waals surface area contributed by atoms with E-state index in [-0.39, 0.29) is 5.69 Å². The Hall–Kier alpha value is -1.92. The highest BCUT2D eigenvalue weighted by Crippen LogP contribution is 2.36. The number of rotatable bonds is 2. The van der Waals surface area contributed by atoms with Crippen LogP contribution in [0.25, 0.3) is 0 Å². The molecule has 0 aromatic heterocycles. The lowest BCUT2D eigenvalue weighted by molar-refractivity contribution is -0.137. The lowest BCUT2D eigenvalue weighted by Crippen LogP contribution is -2.26. The molecule has 1 aromatic rings. The van der Waals surface area contributed by atoms with E-state index in [9.17, 15) is 18.0 Å². The lowest BCUT2D eigenvalue weighted by Gasteiger charge is -2.26. The number of anilines is 2. The number of halogens is 3. The molecule has 1 aromatic carbocycles. The van der Waals surface area contributed by atoms with E-state index < -0.39 is 17.8 Å². The average molecular weight is 316 g/mol. The molecule has 1 saturated heterocycles. The van der Waals surface area contributed by atoms with Gasteiger partial charge in [-0.2, -0.15) is 13.2 Å². The van der Waals surface area contributed by atoms with Gasteiger partial charge in [-0.1, -0.05) is 12.8 Å². The van der Waals surface area contributed by atoms with Gasteiger partial charge in [0.25, 0.3) is 0 Å². The molecule has 22 heavy (non-hydrogen) atoms. The molecule has 122 valence electrons. The van der Waals surface area contributed by atoms with E-state index in [0.717, 1.165) is 50.9 Å². The highest BCUT2D eigenvalue weighted by molar-refractivity contribution is 5.90. The van der Waals surface area contributed by atoms with E-state index >= 15 is 0 Å². The van der Waals surface area contributed by atoms with Crippen molar-refractivity contribution in [1.82, 2.24) is 0 Å². The topological polar surface area (TPSA) is 41.6 Å². The number of methoxy groups -OCH3 is 1. The third-order valence-corrected chi connectivity index (χ3v) is 3.69. The van der Waals surface area contributed by atoms with Crippen LogP contribution in [0.2, 0.25) is 0 Å². The normalized spacial score (nSPS) is 16.1. The fourth-order valence-corrected chi connectivity index (χ4v) is 2.56. The summed E-state index contributed by atoms with van der Waals surface area (Å²) in [6.45, 7) is 1.53. The molecule has 1 aliphatic rings. The number of nitrogens with one attached hydrogen (secondary N) is 1. The van der Waals surface area contributed by atoms with Gasteiger partial charge in [-0.15, -0.1) is 0 Å². The second-order valence-electron chi connectivity index (χ2n) is 5.25. The van der Waals surface area contributed by atoms with Crippen LogP contribution in [0.15, 0.2) is 18.2 Å². The molecule has 0 unspecified atom stereocenters. The summed E-state index contributed by atoms with van der Waals surface area (Å²) in [5.74, 6) is 0. The molecule has 0 atom stereocenters. The van der Waals surface area contributed by atoms with Crippen molar-refractivity contribution < 1.29 is 22.7 Å². The maximum absolute atomic E-state index is 12.9. The average Bonchev–Trinajstić information content (AvgIpc) is 2.75. The third-order valence-electron chi connectivity index (χ3n) is 3.69. The van der Waals surface area contributed by atoms with E-state index in [4.69, 9.17) is 0 Å². The molecule has 1 aliphatic heterocycles. The zero-order valence-corrected chi connectivity index (χ0v) is 12.4. The van der Waals surface area contributed by atoms with Gasteiger partial charge in [-0.25, -0.2) is 4.79 Å². The van der Waals surface area contributed by atoms with Gasteiger partial charge < -0.3 is 9.64 Å². The van der Waals surface area contributed by atoms with Crippen molar-refractivity contribution in [3.8, 4) is 0 Å². The number of ether oxygens (including phenoxy) is 1. The second-order valence-corrected chi connectivity index (χ2v) is 5.25. The molecule has 0 saturated carbocycles. The summed E-state index contributed by atoms with van der Waals surface area (Å²) in [6, 6.07) is 3.42. The van der Waals surface area contributed by atoms with Gasteiger partial charge in [0.1, 0.15) is 0 Å². The fourth-order valence-electron chi connectivity index (χ4n) is 2.56. The standard InChI is InChI=1S/C15H19F3N2O2/c1-22-14(21)19-12-10-11(15(16,17)18)6-7-13(12)20-8-4-2-3-5-9-20/h6-7,10H,2-5,8-9H2,1H3,(H,19,21). The van der Waals surface area contributed by atoms with Crippen molar-refractivity contribution in [2.75, 3.05) is 30.4 Å². The monoisotopic (exact) mass is 316 g/mol. The molecule has 2 rings (SSSR count). The Morgan fingerprint density at radius 3 is 2.36 bits per heavy atom. The maximum Gasteiger partial charge on any atom is 0.416 e. The Labute approximate surface area is 127 Å². The highest BCUT2D eigenvalue weighted by atomic mass is 19.4. The number of alkyl halides is 3. The predicted molar refractivity (Wildman–Crippen MR) is 78.2 cm³/mol. The Kier molecular flexibility index (Phi) is 5.15. The summed E-state index contributed by atoms with van der Waals surface area (Å²) in [7, 11) is 1.18. The number of carbonyl (C=O) groups is 1. The van der Waals surface area contributed by atoms with Crippen LogP contribution >= 0.6 is 0 Å². The van der Waals surface area contributed by atoms with E-state index in [1.165, 1.54) is 13.2 Å². The highest BCUT2D eigenvalue weighted by Gasteiger charge is 2.31. The van der Waals surface area contributed by atoms with Crippen molar-refractivity contribution in [2.24, 2.45) is 0 Å². The molecule has 0 spiro atoms. The number of nitrogens with zero attached hydrogens (tertiary/aromatic N) is 1. The van der Waals surface area contributed by atoms with Crippen molar-refractivity contribution in [3.63, 3.8) is 0 Å². The SMILES string of the molecule is COC(=O)Nc1cc(C(F)(F)F)ccc1N1CCCCCC1. The minimum atomic E-state index is -4.45. The van der Waals surface area contributed by atoms with Gasteiger partial charge in [0, 0.05) is 13.1 Å². The lowest BCUT2D eigenvalue weighted by atomic mass is 10.1. The first kappa shape index (κ1) is 16.5. The quantitative estimate of drug-likeness (QED) is 0.886. The fraction of sp³-hybridized carbons (Fsp3) is 0.533. The van der Waals surface area contributed by atoms with Crippen LogP contribution in [-0.4, -0.2) is 26.3 Å². The van der Waals surface area contributed by atoms with Crippen LogP contribution in [0.3, 0.4) is 0 Å². The van der Waals surface area contributed by atoms with Crippen molar-refractivity contribution in [3.05, 3.63) is 23.8 Å². The molecule has 0 aliphatic carbocycles. The van der Waals surface area contributed by atoms with Crippen LogP contribution in [0.5, 0.6) is 0 Å². The first-order chi connectivity index (χ1) is 10.4. The van der Waals surface area contributed by atoms with Crippen molar-refractivity contribution >= 4 is 17.5 Å². The van der Waals surface area contributed by atoms with Crippen molar-refractivity contribution in [2.45, 2.75) is 31.9 Å². The summed E-state index contributed by atoms with van der Waals surface area (Å²) in [5.41, 5.74) is -0.0682. The molecule has 1 heterocycles. The van der Waals surface area contributed by atoms with E-state index in [2.05, 4.69) is 10.1 Å². The second kappa shape index (κ2) is 6.89. The molecular formula is C15H19F3N2O2. The third kappa shape index (κ3) is 4.05. The zero-order chi connectivity index (χ0) is 16.2. The van der Waals surface area contributed by atoms with Gasteiger partial charge >= 0.3 is 12.3 Å². The summed E-state index contributed by atoms with van der Waals surface area (Å²) in [6.07, 6.45) is -1.05. The first-order valence-corrected chi connectivity index (χ1v) is 7.23. The maximum atomic E-state index is 12.9. The number of hydrogen-bond acceptors (Lipinski definition) is 3. The van der Waals surface area contributed by atoms with Crippen LogP contribution in [0.4, 0.5) is 29.3 Å². The van der Waals surface area contributed by atoms with E-state index in [0.29, 0.717) is 5.69 Å². The minimum Gasteiger partial charge on any atom is -0.453 e. The zero-order valence-electron chi connectivity index (χ0n) is 12.4. The molecule has 1 amide bonds. The molecular weight excluding hydrogens is 297 g/mol. The van der Waals surface area contributed by atoms with Gasteiger partial charge in [0.15, 0.2) is 0 Å². The minimum absolute atomic E-state index is 0.128. The number of amides is 1. The van der Waals surface area contributed by atoms with Crippen LogP contribution in [0.1, 0.15) is 31.2 Å². The molecule has 4 nitrogen and oxygen atoms in total. The van der Waals surface area contributed by atoms with Crippen LogP contribution < -0.4 is 10.2 Å². The largest absolute Gasteiger partial charge is 0.453 e. The van der Waals surface area contributed by atoms with Crippen LogP contribution in [-0.2, 0) is 10.9 Å². The summed E-state index contributed by atoms with van der Waals surface area (Å²) in [5, 5.41) is 2.39. The Balaban J connectivity index is 2.35.